The van der Waals surface area contributed by atoms with E-state index in [1.807, 2.05) is 0 Å². The molecule has 0 aliphatic carbocycles. The normalized spacial score (nSPS) is 11.4. The van der Waals surface area contributed by atoms with Crippen LogP contribution in [0.5, 0.6) is 0 Å². The molecular formula is C12H13N3O4S. The van der Waals surface area contributed by atoms with Crippen molar-refractivity contribution in [2.45, 2.75) is 17.9 Å². The van der Waals surface area contributed by atoms with Crippen LogP contribution < -0.4 is 4.72 Å². The molecular weight excluding hydrogens is 282 g/mol. The van der Waals surface area contributed by atoms with Crippen LogP contribution in [0.2, 0.25) is 0 Å². The van der Waals surface area contributed by atoms with E-state index in [-0.39, 0.29) is 17.9 Å². The molecule has 1 heterocycles. The first-order valence-corrected chi connectivity index (χ1v) is 7.24. The molecule has 0 fully saturated rings. The lowest BCUT2D eigenvalue weighted by molar-refractivity contribution is -0.136. The SMILES string of the molecule is O=C(O)Cc1ccc(S(=O)(=O)NCc2cn[nH]c2)cc1. The standard InChI is InChI=1S/C12H13N3O4S/c16-12(17)5-9-1-3-11(4-2-9)20(18,19)15-8-10-6-13-14-7-10/h1-4,6-7,15H,5,8H2,(H,13,14)(H,16,17). The van der Waals surface area contributed by atoms with Gasteiger partial charge in [-0.05, 0) is 17.7 Å². The molecule has 0 spiro atoms. The Bertz CT molecular complexity index is 678. The van der Waals surface area contributed by atoms with Crippen LogP contribution in [0.1, 0.15) is 11.1 Å². The van der Waals surface area contributed by atoms with Crippen molar-refractivity contribution < 1.29 is 18.3 Å². The fraction of sp³-hybridized carbons (Fsp3) is 0.167. The monoisotopic (exact) mass is 295 g/mol. The van der Waals surface area contributed by atoms with Gasteiger partial charge < -0.3 is 5.11 Å². The number of nitrogens with one attached hydrogen (secondary N) is 2. The van der Waals surface area contributed by atoms with Crippen molar-refractivity contribution in [2.24, 2.45) is 0 Å². The van der Waals surface area contributed by atoms with Gasteiger partial charge in [-0.2, -0.15) is 5.10 Å². The lowest BCUT2D eigenvalue weighted by atomic mass is 10.2. The molecule has 106 valence electrons. The minimum Gasteiger partial charge on any atom is -0.481 e. The van der Waals surface area contributed by atoms with Gasteiger partial charge in [0.15, 0.2) is 0 Å². The molecule has 0 saturated carbocycles. The molecule has 20 heavy (non-hydrogen) atoms. The number of carboxylic acids is 1. The fourth-order valence-electron chi connectivity index (χ4n) is 1.60. The Morgan fingerprint density at radius 1 is 1.25 bits per heavy atom. The summed E-state index contributed by atoms with van der Waals surface area (Å²) < 4.78 is 26.4. The van der Waals surface area contributed by atoms with Crippen LogP contribution in [0.4, 0.5) is 0 Å². The van der Waals surface area contributed by atoms with Gasteiger partial charge in [0.1, 0.15) is 0 Å². The second kappa shape index (κ2) is 5.85. The molecule has 0 radical (unpaired) electrons. The van der Waals surface area contributed by atoms with E-state index in [1.165, 1.54) is 30.5 Å². The molecule has 2 aromatic rings. The van der Waals surface area contributed by atoms with Gasteiger partial charge in [0.25, 0.3) is 0 Å². The van der Waals surface area contributed by atoms with Crippen LogP contribution in [-0.2, 0) is 27.8 Å². The molecule has 1 aromatic carbocycles. The second-order valence-corrected chi connectivity index (χ2v) is 5.91. The zero-order valence-corrected chi connectivity index (χ0v) is 11.2. The molecule has 1 aromatic heterocycles. The van der Waals surface area contributed by atoms with E-state index in [2.05, 4.69) is 14.9 Å². The van der Waals surface area contributed by atoms with E-state index in [1.54, 1.807) is 6.20 Å². The van der Waals surface area contributed by atoms with Gasteiger partial charge in [0, 0.05) is 18.3 Å². The van der Waals surface area contributed by atoms with E-state index in [4.69, 9.17) is 5.11 Å². The summed E-state index contributed by atoms with van der Waals surface area (Å²) in [5.74, 6) is -0.960. The first kappa shape index (κ1) is 14.2. The lowest BCUT2D eigenvalue weighted by Crippen LogP contribution is -2.23. The van der Waals surface area contributed by atoms with Gasteiger partial charge in [0.2, 0.25) is 10.0 Å². The number of benzene rings is 1. The quantitative estimate of drug-likeness (QED) is 0.719. The zero-order chi connectivity index (χ0) is 14.6. The highest BCUT2D eigenvalue weighted by molar-refractivity contribution is 7.89. The van der Waals surface area contributed by atoms with Crippen LogP contribution in [0, 0.1) is 0 Å². The van der Waals surface area contributed by atoms with Crippen molar-refractivity contribution in [3.63, 3.8) is 0 Å². The Morgan fingerprint density at radius 2 is 1.95 bits per heavy atom. The molecule has 0 aliphatic rings. The maximum atomic E-state index is 12.0. The van der Waals surface area contributed by atoms with Crippen molar-refractivity contribution in [1.82, 2.24) is 14.9 Å². The van der Waals surface area contributed by atoms with Crippen LogP contribution in [0.3, 0.4) is 0 Å². The summed E-state index contributed by atoms with van der Waals surface area (Å²) in [6, 6.07) is 5.74. The number of carbonyl (C=O) groups is 1. The molecule has 0 saturated heterocycles. The zero-order valence-electron chi connectivity index (χ0n) is 10.4. The smallest absolute Gasteiger partial charge is 0.307 e. The average Bonchev–Trinajstić information content (AvgIpc) is 2.89. The topological polar surface area (TPSA) is 112 Å². The number of rotatable bonds is 6. The number of hydrogen-bond donors (Lipinski definition) is 3. The van der Waals surface area contributed by atoms with Crippen molar-refractivity contribution >= 4 is 16.0 Å². The highest BCUT2D eigenvalue weighted by Gasteiger charge is 2.14. The molecule has 3 N–H and O–H groups in total. The number of aliphatic carboxylic acids is 1. The predicted octanol–water partition coefficient (Wildman–Crippen LogP) is 0.515. The third-order valence-electron chi connectivity index (χ3n) is 2.61. The number of aromatic nitrogens is 2. The fourth-order valence-corrected chi connectivity index (χ4v) is 2.61. The summed E-state index contributed by atoms with van der Waals surface area (Å²) >= 11 is 0. The summed E-state index contributed by atoms with van der Waals surface area (Å²) in [7, 11) is -3.62. The first-order valence-electron chi connectivity index (χ1n) is 5.75. The molecule has 0 aliphatic heterocycles. The molecule has 7 nitrogen and oxygen atoms in total. The largest absolute Gasteiger partial charge is 0.481 e. The maximum Gasteiger partial charge on any atom is 0.307 e. The van der Waals surface area contributed by atoms with E-state index >= 15 is 0 Å². The minimum absolute atomic E-state index is 0.0927. The third-order valence-corrected chi connectivity index (χ3v) is 4.03. The molecule has 0 amide bonds. The van der Waals surface area contributed by atoms with Gasteiger partial charge in [-0.25, -0.2) is 13.1 Å². The molecule has 0 atom stereocenters. The lowest BCUT2D eigenvalue weighted by Gasteiger charge is -2.06. The van der Waals surface area contributed by atoms with E-state index in [0.717, 1.165) is 5.56 Å². The van der Waals surface area contributed by atoms with Gasteiger partial charge in [-0.1, -0.05) is 12.1 Å². The van der Waals surface area contributed by atoms with Gasteiger partial charge in [-0.3, -0.25) is 9.89 Å². The third kappa shape index (κ3) is 3.65. The summed E-state index contributed by atoms with van der Waals surface area (Å²) in [5.41, 5.74) is 1.27. The highest BCUT2D eigenvalue weighted by Crippen LogP contribution is 2.11. The Labute approximate surface area is 115 Å². The second-order valence-electron chi connectivity index (χ2n) is 4.15. The summed E-state index contributed by atoms with van der Waals surface area (Å²) in [4.78, 5) is 10.6. The summed E-state index contributed by atoms with van der Waals surface area (Å²) in [6.07, 6.45) is 2.99. The van der Waals surface area contributed by atoms with Crippen LogP contribution in [0.25, 0.3) is 0 Å². The van der Waals surface area contributed by atoms with Crippen LogP contribution in [-0.4, -0.2) is 29.7 Å². The van der Waals surface area contributed by atoms with Gasteiger partial charge in [0.05, 0.1) is 17.5 Å². The number of H-pyrrole nitrogens is 1. The van der Waals surface area contributed by atoms with E-state index in [0.29, 0.717) is 5.56 Å². The van der Waals surface area contributed by atoms with Crippen LogP contribution in [0.15, 0.2) is 41.6 Å². The molecule has 0 unspecified atom stereocenters. The predicted molar refractivity (Wildman–Crippen MR) is 70.4 cm³/mol. The number of hydrogen-bond acceptors (Lipinski definition) is 4. The molecule has 2 rings (SSSR count). The summed E-state index contributed by atoms with van der Waals surface area (Å²) in [6.45, 7) is 0.135. The minimum atomic E-state index is -3.62. The van der Waals surface area contributed by atoms with Crippen molar-refractivity contribution in [1.29, 1.82) is 0 Å². The van der Waals surface area contributed by atoms with E-state index < -0.39 is 16.0 Å². The highest BCUT2D eigenvalue weighted by atomic mass is 32.2. The van der Waals surface area contributed by atoms with Gasteiger partial charge >= 0.3 is 5.97 Å². The average molecular weight is 295 g/mol. The van der Waals surface area contributed by atoms with Crippen molar-refractivity contribution in [2.75, 3.05) is 0 Å². The van der Waals surface area contributed by atoms with Gasteiger partial charge in [-0.15, -0.1) is 0 Å². The van der Waals surface area contributed by atoms with Crippen molar-refractivity contribution in [3.05, 3.63) is 47.8 Å². The number of carboxylic acid groups (broad SMARTS) is 1. The Morgan fingerprint density at radius 3 is 2.50 bits per heavy atom. The van der Waals surface area contributed by atoms with Crippen LogP contribution >= 0.6 is 0 Å². The Balaban J connectivity index is 2.07. The number of aromatic amines is 1. The summed E-state index contributed by atoms with van der Waals surface area (Å²) in [5, 5.41) is 15.0. The van der Waals surface area contributed by atoms with E-state index in [9.17, 15) is 13.2 Å². The number of nitrogens with zero attached hydrogens (tertiary/aromatic N) is 1. The van der Waals surface area contributed by atoms with Crippen molar-refractivity contribution in [3.8, 4) is 0 Å². The Kier molecular flexibility index (Phi) is 4.16. The maximum absolute atomic E-state index is 12.0. The number of sulfonamides is 1. The molecule has 8 heteroatoms. The first-order chi connectivity index (χ1) is 9.47. The Hall–Kier alpha value is -2.19. The molecule has 0 bridgehead atoms.